The fourth-order valence-corrected chi connectivity index (χ4v) is 4.57. The Morgan fingerprint density at radius 3 is 2.82 bits per heavy atom. The van der Waals surface area contributed by atoms with Crippen molar-refractivity contribution in [2.45, 2.75) is 18.9 Å². The largest absolute Gasteiger partial charge is 0.484 e. The maximum absolute atomic E-state index is 12.9. The van der Waals surface area contributed by atoms with Gasteiger partial charge in [0.05, 0.1) is 0 Å². The van der Waals surface area contributed by atoms with Crippen LogP contribution in [0.25, 0.3) is 10.6 Å². The molecule has 3 heterocycles. The van der Waals surface area contributed by atoms with Crippen molar-refractivity contribution >= 4 is 39.9 Å². The lowest BCUT2D eigenvalue weighted by atomic mass is 10.2. The van der Waals surface area contributed by atoms with Crippen molar-refractivity contribution in [3.05, 3.63) is 47.5 Å². The van der Waals surface area contributed by atoms with E-state index in [9.17, 15) is 9.59 Å². The second kappa shape index (κ2) is 9.24. The van der Waals surface area contributed by atoms with Gasteiger partial charge < -0.3 is 19.1 Å². The van der Waals surface area contributed by atoms with E-state index in [1.54, 1.807) is 29.2 Å². The maximum atomic E-state index is 12.9. The van der Waals surface area contributed by atoms with Crippen LogP contribution in [0.3, 0.4) is 0 Å². The maximum Gasteiger partial charge on any atom is 0.261 e. The van der Waals surface area contributed by atoms with Crippen LogP contribution in [-0.2, 0) is 9.59 Å². The second-order valence-corrected chi connectivity index (χ2v) is 8.87. The molecule has 1 unspecified atom stereocenters. The lowest BCUT2D eigenvalue weighted by molar-refractivity contribution is -0.138. The van der Waals surface area contributed by atoms with Crippen LogP contribution >= 0.6 is 22.9 Å². The zero-order valence-corrected chi connectivity index (χ0v) is 18.9. The zero-order chi connectivity index (χ0) is 22.8. The summed E-state index contributed by atoms with van der Waals surface area (Å²) in [4.78, 5) is 27.1. The molecule has 5 rings (SSSR count). The molecule has 0 saturated carbocycles. The summed E-state index contributed by atoms with van der Waals surface area (Å²) in [6, 6.07) is 11.7. The number of carbonyl (C=O) groups excluding carboxylic acids is 2. The number of carbonyl (C=O) groups is 2. The Morgan fingerprint density at radius 1 is 1.15 bits per heavy atom. The average molecular weight is 487 g/mol. The van der Waals surface area contributed by atoms with E-state index in [2.05, 4.69) is 15.5 Å². The molecular formula is C22H19ClN4O5S. The van der Waals surface area contributed by atoms with E-state index < -0.39 is 6.04 Å². The number of aromatic nitrogens is 2. The molecule has 2 aliphatic heterocycles. The van der Waals surface area contributed by atoms with Crippen molar-refractivity contribution in [1.29, 1.82) is 0 Å². The highest BCUT2D eigenvalue weighted by Crippen LogP contribution is 2.37. The van der Waals surface area contributed by atoms with E-state index in [0.717, 1.165) is 12.0 Å². The monoisotopic (exact) mass is 486 g/mol. The number of anilines is 1. The van der Waals surface area contributed by atoms with Gasteiger partial charge in [-0.1, -0.05) is 22.9 Å². The van der Waals surface area contributed by atoms with Gasteiger partial charge >= 0.3 is 0 Å². The minimum Gasteiger partial charge on any atom is -0.484 e. The number of fused-ring (bicyclic) bond motifs is 1. The van der Waals surface area contributed by atoms with Crippen molar-refractivity contribution in [3.8, 4) is 27.8 Å². The molecule has 2 amide bonds. The van der Waals surface area contributed by atoms with E-state index >= 15 is 0 Å². The van der Waals surface area contributed by atoms with Crippen molar-refractivity contribution in [3.63, 3.8) is 0 Å². The fraction of sp³-hybridized carbons (Fsp3) is 0.273. The Hall–Kier alpha value is -3.37. The van der Waals surface area contributed by atoms with Gasteiger partial charge in [0.25, 0.3) is 5.91 Å². The summed E-state index contributed by atoms with van der Waals surface area (Å²) < 4.78 is 16.3. The normalized spacial score (nSPS) is 16.6. The van der Waals surface area contributed by atoms with Crippen LogP contribution in [0.1, 0.15) is 12.8 Å². The van der Waals surface area contributed by atoms with Gasteiger partial charge in [-0.2, -0.15) is 0 Å². The van der Waals surface area contributed by atoms with E-state index in [0.29, 0.717) is 45.4 Å². The first kappa shape index (κ1) is 21.5. The summed E-state index contributed by atoms with van der Waals surface area (Å²) in [7, 11) is 0. The van der Waals surface area contributed by atoms with Crippen molar-refractivity contribution in [2.24, 2.45) is 0 Å². The van der Waals surface area contributed by atoms with Crippen LogP contribution in [0.2, 0.25) is 5.02 Å². The summed E-state index contributed by atoms with van der Waals surface area (Å²) in [6.07, 6.45) is 1.32. The first-order chi connectivity index (χ1) is 16.1. The Balaban J connectivity index is 1.20. The number of halogens is 1. The average Bonchev–Trinajstić information content (AvgIpc) is 3.58. The number of nitrogens with one attached hydrogen (secondary N) is 1. The lowest BCUT2D eigenvalue weighted by Gasteiger charge is -2.23. The Kier molecular flexibility index (Phi) is 6.01. The SMILES string of the molecule is O=C(Nc1nnc(-c2ccc3c(c2)OCO3)s1)C1CCCN1C(=O)COc1ccc(Cl)cc1. The third-order valence-corrected chi connectivity index (χ3v) is 6.47. The van der Waals surface area contributed by atoms with Gasteiger partial charge in [0.2, 0.25) is 17.8 Å². The van der Waals surface area contributed by atoms with Gasteiger partial charge in [-0.15, -0.1) is 10.2 Å². The van der Waals surface area contributed by atoms with E-state index in [1.165, 1.54) is 11.3 Å². The van der Waals surface area contributed by atoms with Gasteiger partial charge in [0.1, 0.15) is 16.8 Å². The van der Waals surface area contributed by atoms with Crippen LogP contribution in [-0.4, -0.2) is 52.9 Å². The number of hydrogen-bond acceptors (Lipinski definition) is 8. The fourth-order valence-electron chi connectivity index (χ4n) is 3.71. The van der Waals surface area contributed by atoms with Crippen molar-refractivity contribution in [2.75, 3.05) is 25.3 Å². The number of likely N-dealkylation sites (tertiary alicyclic amines) is 1. The number of amides is 2. The number of nitrogens with zero attached hydrogens (tertiary/aromatic N) is 3. The molecule has 3 aromatic rings. The minimum absolute atomic E-state index is 0.154. The molecule has 2 aromatic carbocycles. The Bertz CT molecular complexity index is 1190. The van der Waals surface area contributed by atoms with Gasteiger partial charge in [-0.25, -0.2) is 0 Å². The molecule has 1 saturated heterocycles. The third-order valence-electron chi connectivity index (χ3n) is 5.33. The van der Waals surface area contributed by atoms with Gasteiger partial charge in [-0.05, 0) is 55.3 Å². The highest BCUT2D eigenvalue weighted by Gasteiger charge is 2.34. The summed E-state index contributed by atoms with van der Waals surface area (Å²) in [5, 5.41) is 12.6. The number of benzene rings is 2. The van der Waals surface area contributed by atoms with Crippen LogP contribution in [0.15, 0.2) is 42.5 Å². The summed E-state index contributed by atoms with van der Waals surface area (Å²) in [5.41, 5.74) is 0.814. The highest BCUT2D eigenvalue weighted by molar-refractivity contribution is 7.18. The highest BCUT2D eigenvalue weighted by atomic mass is 35.5. The zero-order valence-electron chi connectivity index (χ0n) is 17.3. The van der Waals surface area contributed by atoms with Crippen LogP contribution < -0.4 is 19.5 Å². The lowest BCUT2D eigenvalue weighted by Crippen LogP contribution is -2.45. The number of ether oxygens (including phenoxy) is 3. The standard InChI is InChI=1S/C22H19ClN4O5S/c23-14-4-6-15(7-5-14)30-11-19(28)27-9-1-2-16(27)20(29)24-22-26-25-21(33-22)13-3-8-17-18(10-13)32-12-31-17/h3-8,10,16H,1-2,9,11-12H2,(H,24,26,29). The predicted molar refractivity (Wildman–Crippen MR) is 122 cm³/mol. The topological polar surface area (TPSA) is 103 Å². The molecule has 0 aliphatic carbocycles. The van der Waals surface area contributed by atoms with E-state index in [-0.39, 0.29) is 25.2 Å². The molecule has 1 fully saturated rings. The van der Waals surface area contributed by atoms with Crippen LogP contribution in [0.5, 0.6) is 17.2 Å². The molecular weight excluding hydrogens is 468 g/mol. The molecule has 9 nitrogen and oxygen atoms in total. The van der Waals surface area contributed by atoms with E-state index in [4.69, 9.17) is 25.8 Å². The second-order valence-electron chi connectivity index (χ2n) is 7.46. The molecule has 170 valence electrons. The number of rotatable bonds is 6. The molecule has 0 spiro atoms. The smallest absolute Gasteiger partial charge is 0.261 e. The quantitative estimate of drug-likeness (QED) is 0.567. The van der Waals surface area contributed by atoms with E-state index in [1.807, 2.05) is 18.2 Å². The Morgan fingerprint density at radius 2 is 1.97 bits per heavy atom. The van der Waals surface area contributed by atoms with Crippen molar-refractivity contribution < 1.29 is 23.8 Å². The molecule has 1 N–H and O–H groups in total. The first-order valence-corrected chi connectivity index (χ1v) is 11.5. The molecule has 1 aromatic heterocycles. The third kappa shape index (κ3) is 4.71. The summed E-state index contributed by atoms with van der Waals surface area (Å²) in [6.45, 7) is 0.537. The van der Waals surface area contributed by atoms with Gasteiger partial charge in [-0.3, -0.25) is 14.9 Å². The molecule has 0 radical (unpaired) electrons. The molecule has 11 heteroatoms. The molecule has 1 atom stereocenters. The van der Waals surface area contributed by atoms with Crippen LogP contribution in [0, 0.1) is 0 Å². The van der Waals surface area contributed by atoms with Crippen molar-refractivity contribution in [1.82, 2.24) is 15.1 Å². The predicted octanol–water partition coefficient (Wildman–Crippen LogP) is 3.60. The number of hydrogen-bond donors (Lipinski definition) is 1. The summed E-state index contributed by atoms with van der Waals surface area (Å²) in [5.74, 6) is 1.33. The van der Waals surface area contributed by atoms with Gasteiger partial charge in [0.15, 0.2) is 18.1 Å². The Labute approximate surface area is 198 Å². The molecule has 0 bridgehead atoms. The minimum atomic E-state index is -0.579. The molecule has 2 aliphatic rings. The first-order valence-electron chi connectivity index (χ1n) is 10.3. The van der Waals surface area contributed by atoms with Crippen LogP contribution in [0.4, 0.5) is 5.13 Å². The van der Waals surface area contributed by atoms with Gasteiger partial charge in [0, 0.05) is 17.1 Å². The molecule has 33 heavy (non-hydrogen) atoms. The summed E-state index contributed by atoms with van der Waals surface area (Å²) >= 11 is 7.11.